The van der Waals surface area contributed by atoms with Crippen LogP contribution in [0.4, 0.5) is 19.0 Å². The fourth-order valence-corrected chi connectivity index (χ4v) is 2.20. The van der Waals surface area contributed by atoms with Gasteiger partial charge in [-0.2, -0.15) is 13.2 Å². The quantitative estimate of drug-likeness (QED) is 0.932. The fourth-order valence-electron chi connectivity index (χ4n) is 2.20. The highest BCUT2D eigenvalue weighted by Gasteiger charge is 2.32. The number of aromatic nitrogens is 3. The first kappa shape index (κ1) is 15.5. The van der Waals surface area contributed by atoms with Gasteiger partial charge in [0, 0.05) is 38.6 Å². The van der Waals surface area contributed by atoms with E-state index in [0.717, 1.165) is 38.4 Å². The maximum Gasteiger partial charge on any atom is 0.433 e. The Hall–Kier alpha value is -2.42. The van der Waals surface area contributed by atoms with Gasteiger partial charge in [-0.05, 0) is 12.1 Å². The van der Waals surface area contributed by atoms with Gasteiger partial charge in [-0.3, -0.25) is 0 Å². The zero-order chi connectivity index (χ0) is 16.3. The van der Waals surface area contributed by atoms with Gasteiger partial charge in [-0.15, -0.1) is 0 Å². The number of ether oxygens (including phenoxy) is 1. The smallest absolute Gasteiger partial charge is 0.433 e. The van der Waals surface area contributed by atoms with Crippen molar-refractivity contribution in [3.05, 3.63) is 36.4 Å². The van der Waals surface area contributed by atoms with Crippen molar-refractivity contribution >= 4 is 5.82 Å². The Morgan fingerprint density at radius 3 is 2.43 bits per heavy atom. The summed E-state index contributed by atoms with van der Waals surface area (Å²) in [7, 11) is 0. The topological polar surface area (TPSA) is 63.2 Å². The Kier molecular flexibility index (Phi) is 4.28. The van der Waals surface area contributed by atoms with Crippen LogP contribution in [0.3, 0.4) is 0 Å². The van der Waals surface area contributed by atoms with E-state index in [0.29, 0.717) is 5.82 Å². The Balaban J connectivity index is 1.80. The van der Waals surface area contributed by atoms with Crippen LogP contribution in [-0.4, -0.2) is 41.1 Å². The number of pyridine rings is 1. The molecule has 0 bridgehead atoms. The Labute approximate surface area is 130 Å². The molecular weight excluding hydrogens is 311 g/mol. The average molecular weight is 325 g/mol. The molecule has 0 saturated carbocycles. The first-order valence-electron chi connectivity index (χ1n) is 7.02. The predicted octanol–water partition coefficient (Wildman–Crippen LogP) is 2.09. The third kappa shape index (κ3) is 3.67. The van der Waals surface area contributed by atoms with E-state index in [1.807, 2.05) is 4.90 Å². The summed E-state index contributed by atoms with van der Waals surface area (Å²) in [4.78, 5) is 13.8. The zero-order valence-corrected chi connectivity index (χ0v) is 12.0. The first-order chi connectivity index (χ1) is 11.0. The van der Waals surface area contributed by atoms with Gasteiger partial charge < -0.3 is 15.0 Å². The molecule has 0 aromatic carbocycles. The van der Waals surface area contributed by atoms with E-state index < -0.39 is 11.9 Å². The van der Waals surface area contributed by atoms with Crippen molar-refractivity contribution in [2.24, 2.45) is 0 Å². The summed E-state index contributed by atoms with van der Waals surface area (Å²) in [5, 5.41) is 3.23. The molecule has 23 heavy (non-hydrogen) atoms. The van der Waals surface area contributed by atoms with Crippen LogP contribution in [0.2, 0.25) is 0 Å². The molecule has 1 N–H and O–H groups in total. The van der Waals surface area contributed by atoms with Crippen LogP contribution in [0, 0.1) is 0 Å². The van der Waals surface area contributed by atoms with Crippen LogP contribution < -0.4 is 15.0 Å². The molecule has 0 unspecified atom stereocenters. The van der Waals surface area contributed by atoms with Crippen molar-refractivity contribution in [3.8, 4) is 11.6 Å². The van der Waals surface area contributed by atoms with Gasteiger partial charge in [-0.25, -0.2) is 15.0 Å². The third-order valence-corrected chi connectivity index (χ3v) is 3.30. The van der Waals surface area contributed by atoms with Gasteiger partial charge in [0.25, 0.3) is 5.88 Å². The second kappa shape index (κ2) is 6.37. The lowest BCUT2D eigenvalue weighted by molar-refractivity contribution is -0.141. The molecular formula is C14H14F3N5O. The summed E-state index contributed by atoms with van der Waals surface area (Å²) in [5.41, 5.74) is -0.966. The number of hydrogen-bond donors (Lipinski definition) is 1. The summed E-state index contributed by atoms with van der Waals surface area (Å²) < 4.78 is 43.1. The summed E-state index contributed by atoms with van der Waals surface area (Å²) >= 11 is 0. The van der Waals surface area contributed by atoms with Crippen molar-refractivity contribution < 1.29 is 17.9 Å². The summed E-state index contributed by atoms with van der Waals surface area (Å²) in [6.45, 7) is 3.14. The van der Waals surface area contributed by atoms with Gasteiger partial charge >= 0.3 is 6.18 Å². The molecule has 1 aliphatic rings. The van der Waals surface area contributed by atoms with Crippen molar-refractivity contribution in [3.63, 3.8) is 0 Å². The highest BCUT2D eigenvalue weighted by molar-refractivity contribution is 5.49. The molecule has 0 spiro atoms. The molecule has 2 aromatic rings. The van der Waals surface area contributed by atoms with Crippen LogP contribution in [0.1, 0.15) is 5.69 Å². The molecule has 1 fully saturated rings. The molecule has 0 radical (unpaired) electrons. The van der Waals surface area contributed by atoms with Gasteiger partial charge in [0.1, 0.15) is 11.4 Å². The largest absolute Gasteiger partial charge is 0.434 e. The van der Waals surface area contributed by atoms with E-state index >= 15 is 0 Å². The molecule has 0 amide bonds. The lowest BCUT2D eigenvalue weighted by atomic mass is 10.3. The maximum absolute atomic E-state index is 12.5. The number of nitrogens with zero attached hydrogens (tertiary/aromatic N) is 4. The average Bonchev–Trinajstić information content (AvgIpc) is 2.56. The Bertz CT molecular complexity index is 656. The standard InChI is InChI=1S/C14H14F3N5O/c15-14(16,17)11-2-1-10(9-21-11)23-13-12(19-3-4-20-13)22-7-5-18-6-8-22/h1-4,9,18H,5-8H2. The number of alkyl halides is 3. The Morgan fingerprint density at radius 1 is 1.04 bits per heavy atom. The predicted molar refractivity (Wildman–Crippen MR) is 76.4 cm³/mol. The molecule has 3 heterocycles. The lowest BCUT2D eigenvalue weighted by Crippen LogP contribution is -2.44. The first-order valence-corrected chi connectivity index (χ1v) is 7.02. The number of piperazine rings is 1. The minimum absolute atomic E-state index is 0.176. The van der Waals surface area contributed by atoms with Crippen LogP contribution in [0.15, 0.2) is 30.7 Å². The molecule has 1 saturated heterocycles. The van der Waals surface area contributed by atoms with Crippen LogP contribution in [-0.2, 0) is 6.18 Å². The molecule has 1 aliphatic heterocycles. The zero-order valence-electron chi connectivity index (χ0n) is 12.0. The minimum atomic E-state index is -4.48. The molecule has 0 atom stereocenters. The third-order valence-electron chi connectivity index (χ3n) is 3.30. The molecule has 6 nitrogen and oxygen atoms in total. The number of rotatable bonds is 3. The summed E-state index contributed by atoms with van der Waals surface area (Å²) in [5.74, 6) is 0.986. The SMILES string of the molecule is FC(F)(F)c1ccc(Oc2nccnc2N2CCNCC2)cn1. The number of hydrogen-bond acceptors (Lipinski definition) is 6. The van der Waals surface area contributed by atoms with Crippen molar-refractivity contribution in [2.75, 3.05) is 31.1 Å². The van der Waals surface area contributed by atoms with E-state index in [1.54, 1.807) is 6.20 Å². The van der Waals surface area contributed by atoms with E-state index in [1.165, 1.54) is 12.3 Å². The van der Waals surface area contributed by atoms with Gasteiger partial charge in [0.2, 0.25) is 0 Å². The minimum Gasteiger partial charge on any atom is -0.434 e. The summed E-state index contributed by atoms with van der Waals surface area (Å²) in [6, 6.07) is 2.09. The van der Waals surface area contributed by atoms with Gasteiger partial charge in [-0.1, -0.05) is 0 Å². The van der Waals surface area contributed by atoms with E-state index in [2.05, 4.69) is 20.3 Å². The molecule has 122 valence electrons. The second-order valence-electron chi connectivity index (χ2n) is 4.90. The Morgan fingerprint density at radius 2 is 1.78 bits per heavy atom. The second-order valence-corrected chi connectivity index (χ2v) is 4.90. The molecule has 0 aliphatic carbocycles. The fraction of sp³-hybridized carbons (Fsp3) is 0.357. The number of anilines is 1. The van der Waals surface area contributed by atoms with E-state index in [4.69, 9.17) is 4.74 Å². The number of halogens is 3. The van der Waals surface area contributed by atoms with Crippen molar-refractivity contribution in [2.45, 2.75) is 6.18 Å². The highest BCUT2D eigenvalue weighted by Crippen LogP contribution is 2.31. The lowest BCUT2D eigenvalue weighted by Gasteiger charge is -2.28. The van der Waals surface area contributed by atoms with E-state index in [9.17, 15) is 13.2 Å². The van der Waals surface area contributed by atoms with Crippen molar-refractivity contribution in [1.29, 1.82) is 0 Å². The van der Waals surface area contributed by atoms with E-state index in [-0.39, 0.29) is 11.6 Å². The van der Waals surface area contributed by atoms with Crippen LogP contribution in [0.25, 0.3) is 0 Å². The summed E-state index contributed by atoms with van der Waals surface area (Å²) in [6.07, 6.45) is -0.427. The number of nitrogens with one attached hydrogen (secondary N) is 1. The van der Waals surface area contributed by atoms with Gasteiger partial charge in [0.15, 0.2) is 5.82 Å². The molecule has 3 rings (SSSR count). The van der Waals surface area contributed by atoms with Crippen LogP contribution in [0.5, 0.6) is 11.6 Å². The molecule has 2 aromatic heterocycles. The molecule has 9 heteroatoms. The maximum atomic E-state index is 12.5. The van der Waals surface area contributed by atoms with Crippen molar-refractivity contribution in [1.82, 2.24) is 20.3 Å². The van der Waals surface area contributed by atoms with Gasteiger partial charge in [0.05, 0.1) is 6.20 Å². The monoisotopic (exact) mass is 325 g/mol. The van der Waals surface area contributed by atoms with Crippen LogP contribution >= 0.6 is 0 Å². The highest BCUT2D eigenvalue weighted by atomic mass is 19.4. The normalized spacial score (nSPS) is 15.5.